The predicted molar refractivity (Wildman–Crippen MR) is 59.2 cm³/mol. The smallest absolute Gasteiger partial charge is 0.149 e. The van der Waals surface area contributed by atoms with Crippen molar-refractivity contribution in [3.63, 3.8) is 0 Å². The fraction of sp³-hybridized carbons (Fsp3) is 0.500. The van der Waals surface area contributed by atoms with E-state index in [9.17, 15) is 8.42 Å². The first-order valence-electron chi connectivity index (χ1n) is 4.38. The van der Waals surface area contributed by atoms with Gasteiger partial charge in [-0.15, -0.1) is 0 Å². The second-order valence-corrected chi connectivity index (χ2v) is 5.65. The Labute approximate surface area is 88.8 Å². The first kappa shape index (κ1) is 11.7. The van der Waals surface area contributed by atoms with E-state index in [1.807, 2.05) is 0 Å². The standard InChI is InChI=1S/C8H14N4O2S/c1-6(5-15(2,13)14)11-8-4-10-3-7(9)12-8/h3-4,6H,5H2,1-2H3,(H3,9,11,12). The molecule has 0 aliphatic heterocycles. The molecule has 1 atom stereocenters. The van der Waals surface area contributed by atoms with Gasteiger partial charge in [-0.05, 0) is 6.92 Å². The maximum atomic E-state index is 11.0. The summed E-state index contributed by atoms with van der Waals surface area (Å²) in [7, 11) is -3.00. The summed E-state index contributed by atoms with van der Waals surface area (Å²) in [5.41, 5.74) is 5.43. The number of sulfone groups is 1. The molecule has 7 heteroatoms. The van der Waals surface area contributed by atoms with Gasteiger partial charge < -0.3 is 11.1 Å². The van der Waals surface area contributed by atoms with Crippen LogP contribution >= 0.6 is 0 Å². The fourth-order valence-corrected chi connectivity index (χ4v) is 2.19. The Balaban J connectivity index is 2.63. The number of hydrogen-bond donors (Lipinski definition) is 2. The molecule has 0 bridgehead atoms. The molecule has 1 aromatic rings. The van der Waals surface area contributed by atoms with Gasteiger partial charge in [0.05, 0.1) is 18.1 Å². The minimum Gasteiger partial charge on any atom is -0.382 e. The number of nitrogen functional groups attached to an aromatic ring is 1. The zero-order valence-corrected chi connectivity index (χ0v) is 9.45. The van der Waals surface area contributed by atoms with E-state index in [0.717, 1.165) is 0 Å². The SMILES string of the molecule is CC(CS(C)(=O)=O)Nc1cncc(N)n1. The van der Waals surface area contributed by atoms with Crippen molar-refractivity contribution in [3.05, 3.63) is 12.4 Å². The van der Waals surface area contributed by atoms with Gasteiger partial charge in [0.15, 0.2) is 0 Å². The minimum absolute atomic E-state index is 0.0451. The molecule has 0 saturated heterocycles. The van der Waals surface area contributed by atoms with E-state index >= 15 is 0 Å². The van der Waals surface area contributed by atoms with Gasteiger partial charge >= 0.3 is 0 Å². The molecule has 3 N–H and O–H groups in total. The summed E-state index contributed by atoms with van der Waals surface area (Å²) in [5.74, 6) is 0.821. The summed E-state index contributed by atoms with van der Waals surface area (Å²) in [6, 6.07) is -0.226. The molecule has 0 aromatic carbocycles. The van der Waals surface area contributed by atoms with Crippen LogP contribution in [0.2, 0.25) is 0 Å². The molecule has 0 saturated carbocycles. The van der Waals surface area contributed by atoms with Gasteiger partial charge in [0.1, 0.15) is 21.5 Å². The van der Waals surface area contributed by atoms with Crippen LogP contribution in [0.15, 0.2) is 12.4 Å². The normalized spacial score (nSPS) is 13.5. The second kappa shape index (κ2) is 4.43. The lowest BCUT2D eigenvalue weighted by Crippen LogP contribution is -2.25. The zero-order chi connectivity index (χ0) is 11.5. The number of aromatic nitrogens is 2. The highest BCUT2D eigenvalue weighted by molar-refractivity contribution is 7.90. The summed E-state index contributed by atoms with van der Waals surface area (Å²) in [5, 5.41) is 2.91. The highest BCUT2D eigenvalue weighted by atomic mass is 32.2. The van der Waals surface area contributed by atoms with Gasteiger partial charge in [-0.25, -0.2) is 13.4 Å². The van der Waals surface area contributed by atoms with Gasteiger partial charge in [-0.2, -0.15) is 0 Å². The lowest BCUT2D eigenvalue weighted by Gasteiger charge is -2.12. The van der Waals surface area contributed by atoms with E-state index < -0.39 is 9.84 Å². The van der Waals surface area contributed by atoms with Gasteiger partial charge in [0, 0.05) is 12.3 Å². The molecule has 1 rings (SSSR count). The molecular formula is C8H14N4O2S. The highest BCUT2D eigenvalue weighted by Gasteiger charge is 2.10. The third kappa shape index (κ3) is 4.59. The molecule has 1 heterocycles. The molecular weight excluding hydrogens is 216 g/mol. The molecule has 0 fully saturated rings. The fourth-order valence-electron chi connectivity index (χ4n) is 1.20. The molecule has 0 amide bonds. The Kier molecular flexibility index (Phi) is 3.46. The Morgan fingerprint density at radius 3 is 2.73 bits per heavy atom. The topological polar surface area (TPSA) is 98.0 Å². The van der Waals surface area contributed by atoms with Crippen LogP contribution in [-0.2, 0) is 9.84 Å². The molecule has 15 heavy (non-hydrogen) atoms. The summed E-state index contributed by atoms with van der Waals surface area (Å²) >= 11 is 0. The molecule has 6 nitrogen and oxygen atoms in total. The van der Waals surface area contributed by atoms with Gasteiger partial charge in [-0.1, -0.05) is 0 Å². The predicted octanol–water partition coefficient (Wildman–Crippen LogP) is -0.0962. The number of nitrogens with one attached hydrogen (secondary N) is 1. The summed E-state index contributed by atoms with van der Waals surface area (Å²) < 4.78 is 22.0. The Hall–Kier alpha value is -1.37. The Morgan fingerprint density at radius 2 is 2.20 bits per heavy atom. The van der Waals surface area contributed by atoms with E-state index in [-0.39, 0.29) is 11.8 Å². The average Bonchev–Trinajstić information content (AvgIpc) is 1.99. The average molecular weight is 230 g/mol. The number of anilines is 2. The quantitative estimate of drug-likeness (QED) is 0.749. The second-order valence-electron chi connectivity index (χ2n) is 3.47. The molecule has 1 unspecified atom stereocenters. The molecule has 1 aromatic heterocycles. The molecule has 0 aliphatic carbocycles. The monoisotopic (exact) mass is 230 g/mol. The van der Waals surface area contributed by atoms with Crippen LogP contribution in [0.25, 0.3) is 0 Å². The number of nitrogens with two attached hydrogens (primary N) is 1. The molecule has 0 radical (unpaired) electrons. The third-order valence-electron chi connectivity index (χ3n) is 1.60. The lowest BCUT2D eigenvalue weighted by molar-refractivity contribution is 0.598. The van der Waals surface area contributed by atoms with Crippen molar-refractivity contribution < 1.29 is 8.42 Å². The van der Waals surface area contributed by atoms with Crippen molar-refractivity contribution in [3.8, 4) is 0 Å². The number of rotatable bonds is 4. The Bertz CT molecular complexity index is 432. The molecule has 0 spiro atoms. The summed E-state index contributed by atoms with van der Waals surface area (Å²) in [4.78, 5) is 7.79. The van der Waals surface area contributed by atoms with Crippen molar-refractivity contribution in [2.24, 2.45) is 0 Å². The largest absolute Gasteiger partial charge is 0.382 e. The van der Waals surface area contributed by atoms with Gasteiger partial charge in [0.2, 0.25) is 0 Å². The van der Waals surface area contributed by atoms with Crippen LogP contribution in [0.1, 0.15) is 6.92 Å². The number of nitrogens with zero attached hydrogens (tertiary/aromatic N) is 2. The maximum Gasteiger partial charge on any atom is 0.149 e. The van der Waals surface area contributed by atoms with Crippen molar-refractivity contribution in [2.75, 3.05) is 23.1 Å². The van der Waals surface area contributed by atoms with E-state index in [1.165, 1.54) is 18.6 Å². The summed E-state index contributed by atoms with van der Waals surface area (Å²) in [6.45, 7) is 1.76. The van der Waals surface area contributed by atoms with Crippen LogP contribution in [0, 0.1) is 0 Å². The summed E-state index contributed by atoms with van der Waals surface area (Å²) in [6.07, 6.45) is 4.11. The van der Waals surface area contributed by atoms with Crippen molar-refractivity contribution in [2.45, 2.75) is 13.0 Å². The number of hydrogen-bond acceptors (Lipinski definition) is 6. The van der Waals surface area contributed by atoms with Gasteiger partial charge in [0.25, 0.3) is 0 Å². The highest BCUT2D eigenvalue weighted by Crippen LogP contribution is 2.05. The van der Waals surface area contributed by atoms with Crippen LogP contribution < -0.4 is 11.1 Å². The van der Waals surface area contributed by atoms with Crippen LogP contribution in [0.4, 0.5) is 11.6 Å². The van der Waals surface area contributed by atoms with Crippen molar-refractivity contribution in [1.29, 1.82) is 0 Å². The maximum absolute atomic E-state index is 11.0. The zero-order valence-electron chi connectivity index (χ0n) is 8.64. The lowest BCUT2D eigenvalue weighted by atomic mass is 10.4. The Morgan fingerprint density at radius 1 is 1.53 bits per heavy atom. The van der Waals surface area contributed by atoms with Crippen molar-refractivity contribution in [1.82, 2.24) is 9.97 Å². The third-order valence-corrected chi connectivity index (χ3v) is 2.71. The molecule has 0 aliphatic rings. The van der Waals surface area contributed by atoms with E-state index in [0.29, 0.717) is 11.6 Å². The van der Waals surface area contributed by atoms with Crippen LogP contribution in [0.5, 0.6) is 0 Å². The van der Waals surface area contributed by atoms with Crippen molar-refractivity contribution >= 4 is 21.5 Å². The minimum atomic E-state index is -3.00. The van der Waals surface area contributed by atoms with E-state index in [2.05, 4.69) is 15.3 Å². The first-order chi connectivity index (χ1) is 6.87. The van der Waals surface area contributed by atoms with Crippen LogP contribution in [0.3, 0.4) is 0 Å². The van der Waals surface area contributed by atoms with Crippen LogP contribution in [-0.4, -0.2) is 36.4 Å². The molecule has 84 valence electrons. The van der Waals surface area contributed by atoms with E-state index in [4.69, 9.17) is 5.73 Å². The van der Waals surface area contributed by atoms with Gasteiger partial charge in [-0.3, -0.25) is 4.98 Å². The first-order valence-corrected chi connectivity index (χ1v) is 6.44. The van der Waals surface area contributed by atoms with E-state index in [1.54, 1.807) is 6.92 Å².